The zero-order valence-corrected chi connectivity index (χ0v) is 21.3. The number of piperidine rings is 1. The van der Waals surface area contributed by atoms with Crippen LogP contribution >= 0.6 is 0 Å². The molecule has 0 spiro atoms. The number of allylic oxidation sites excluding steroid dienone is 1. The van der Waals surface area contributed by atoms with Gasteiger partial charge in [0.2, 0.25) is 0 Å². The van der Waals surface area contributed by atoms with Crippen molar-refractivity contribution in [3.63, 3.8) is 0 Å². The second-order valence-electron chi connectivity index (χ2n) is 10.1. The topological polar surface area (TPSA) is 40.5 Å². The van der Waals surface area contributed by atoms with E-state index in [0.29, 0.717) is 31.5 Å². The molecule has 1 aliphatic rings. The molecule has 188 valence electrons. The van der Waals surface area contributed by atoms with Crippen LogP contribution in [0.5, 0.6) is 0 Å². The Morgan fingerprint density at radius 3 is 2.14 bits per heavy atom. The van der Waals surface area contributed by atoms with Gasteiger partial charge in [-0.1, -0.05) is 72.3 Å². The molecule has 4 heteroatoms. The molecule has 3 aromatic carbocycles. The number of hydrogen-bond donors (Lipinski definition) is 1. The Morgan fingerprint density at radius 2 is 1.47 bits per heavy atom. The number of carbonyl (C=O) groups is 1. The second kappa shape index (κ2) is 11.7. The van der Waals surface area contributed by atoms with E-state index < -0.39 is 5.60 Å². The molecule has 0 bridgehead atoms. The van der Waals surface area contributed by atoms with E-state index in [-0.39, 0.29) is 11.7 Å². The molecule has 1 saturated heterocycles. The van der Waals surface area contributed by atoms with Gasteiger partial charge in [0.1, 0.15) is 5.82 Å². The number of nitrogens with zero attached hydrogens (tertiary/aromatic N) is 1. The average Bonchev–Trinajstić information content (AvgIpc) is 2.88. The third-order valence-corrected chi connectivity index (χ3v) is 7.26. The minimum absolute atomic E-state index is 0.0212. The highest BCUT2D eigenvalue weighted by Gasteiger charge is 2.36. The van der Waals surface area contributed by atoms with Gasteiger partial charge >= 0.3 is 0 Å². The van der Waals surface area contributed by atoms with Crippen LogP contribution < -0.4 is 0 Å². The Morgan fingerprint density at radius 1 is 0.861 bits per heavy atom. The molecule has 1 heterocycles. The van der Waals surface area contributed by atoms with Gasteiger partial charge in [-0.3, -0.25) is 4.79 Å². The monoisotopic (exact) mass is 485 g/mol. The maximum atomic E-state index is 13.7. The van der Waals surface area contributed by atoms with Crippen molar-refractivity contribution in [2.45, 2.75) is 58.0 Å². The molecule has 1 fully saturated rings. The van der Waals surface area contributed by atoms with Crippen molar-refractivity contribution in [2.75, 3.05) is 13.1 Å². The quantitative estimate of drug-likeness (QED) is 0.285. The summed E-state index contributed by atoms with van der Waals surface area (Å²) in [5.74, 6) is -0.296. The molecule has 3 aromatic rings. The number of hydrogen-bond acceptors (Lipinski definition) is 2. The van der Waals surface area contributed by atoms with E-state index in [1.807, 2.05) is 36.9 Å². The molecule has 0 aromatic heterocycles. The van der Waals surface area contributed by atoms with Crippen LogP contribution in [0.3, 0.4) is 0 Å². The van der Waals surface area contributed by atoms with Crippen LogP contribution in [-0.4, -0.2) is 29.0 Å². The number of halogens is 1. The Bertz CT molecular complexity index is 1190. The van der Waals surface area contributed by atoms with Crippen LogP contribution in [0.1, 0.15) is 61.8 Å². The molecule has 1 N–H and O–H groups in total. The van der Waals surface area contributed by atoms with Gasteiger partial charge in [0.25, 0.3) is 5.91 Å². The molecule has 0 aliphatic carbocycles. The summed E-state index contributed by atoms with van der Waals surface area (Å²) in [6.07, 6.45) is 5.01. The van der Waals surface area contributed by atoms with Crippen LogP contribution in [0, 0.1) is 5.82 Å². The van der Waals surface area contributed by atoms with Crippen LogP contribution in [-0.2, 0) is 23.2 Å². The first kappa shape index (κ1) is 25.8. The second-order valence-corrected chi connectivity index (χ2v) is 10.1. The summed E-state index contributed by atoms with van der Waals surface area (Å²) in [6.45, 7) is 4.92. The van der Waals surface area contributed by atoms with Gasteiger partial charge in [0.15, 0.2) is 0 Å². The van der Waals surface area contributed by atoms with Crippen LogP contribution in [0.25, 0.3) is 5.57 Å². The van der Waals surface area contributed by atoms with Gasteiger partial charge in [0, 0.05) is 18.7 Å². The summed E-state index contributed by atoms with van der Waals surface area (Å²) in [5, 5.41) is 11.2. The zero-order valence-electron chi connectivity index (χ0n) is 21.3. The number of unbranched alkanes of at least 4 members (excludes halogenated alkanes) is 1. The summed E-state index contributed by atoms with van der Waals surface area (Å²) >= 11 is 0. The first-order chi connectivity index (χ1) is 17.4. The molecule has 36 heavy (non-hydrogen) atoms. The molecule has 0 atom stereocenters. The normalized spacial score (nSPS) is 14.9. The Kier molecular flexibility index (Phi) is 8.37. The molecular formula is C32H36FNO2. The standard InChI is InChI=1S/C32H36FNO2/c1-24(2)30(29-15-9-8-14-26(29)13-7-6-12-25-10-4-3-5-11-25)31(35)34-22-20-32(36,21-23-34)27-16-18-28(33)19-17-27/h3-5,8-11,14-19,36H,6-7,12-13,20-23H2,1-2H3. The highest BCUT2D eigenvalue weighted by Crippen LogP contribution is 2.35. The van der Waals surface area contributed by atoms with E-state index in [2.05, 4.69) is 36.4 Å². The van der Waals surface area contributed by atoms with Crippen LogP contribution in [0.15, 0.2) is 84.4 Å². The largest absolute Gasteiger partial charge is 0.385 e. The van der Waals surface area contributed by atoms with Crippen molar-refractivity contribution in [3.8, 4) is 0 Å². The molecule has 1 amide bonds. The number of amides is 1. The molecule has 0 unspecified atom stereocenters. The van der Waals surface area contributed by atoms with E-state index in [9.17, 15) is 14.3 Å². The molecule has 0 radical (unpaired) electrons. The molecule has 3 nitrogen and oxygen atoms in total. The predicted molar refractivity (Wildman–Crippen MR) is 144 cm³/mol. The smallest absolute Gasteiger partial charge is 0.254 e. The van der Waals surface area contributed by atoms with Crippen molar-refractivity contribution < 1.29 is 14.3 Å². The van der Waals surface area contributed by atoms with Crippen molar-refractivity contribution in [1.82, 2.24) is 4.90 Å². The molecule has 0 saturated carbocycles. The van der Waals surface area contributed by atoms with E-state index in [1.165, 1.54) is 23.3 Å². The van der Waals surface area contributed by atoms with Crippen molar-refractivity contribution in [1.29, 1.82) is 0 Å². The van der Waals surface area contributed by atoms with Gasteiger partial charge in [0.05, 0.1) is 5.60 Å². The predicted octanol–water partition coefficient (Wildman–Crippen LogP) is 6.69. The van der Waals surface area contributed by atoms with Crippen molar-refractivity contribution >= 4 is 11.5 Å². The van der Waals surface area contributed by atoms with Crippen molar-refractivity contribution in [3.05, 3.63) is 113 Å². The van der Waals surface area contributed by atoms with E-state index in [4.69, 9.17) is 0 Å². The van der Waals surface area contributed by atoms with Gasteiger partial charge in [-0.25, -0.2) is 4.39 Å². The zero-order chi connectivity index (χ0) is 25.5. The third-order valence-electron chi connectivity index (χ3n) is 7.26. The highest BCUT2D eigenvalue weighted by atomic mass is 19.1. The molecule has 1 aliphatic heterocycles. The summed E-state index contributed by atoms with van der Waals surface area (Å²) < 4.78 is 13.3. The lowest BCUT2D eigenvalue weighted by molar-refractivity contribution is -0.129. The van der Waals surface area contributed by atoms with Gasteiger partial charge < -0.3 is 10.0 Å². The maximum Gasteiger partial charge on any atom is 0.254 e. The van der Waals surface area contributed by atoms with Gasteiger partial charge in [-0.15, -0.1) is 0 Å². The minimum Gasteiger partial charge on any atom is -0.385 e. The third kappa shape index (κ3) is 6.11. The fraction of sp³-hybridized carbons (Fsp3) is 0.344. The summed E-state index contributed by atoms with van der Waals surface area (Å²) in [5.41, 5.74) is 5.01. The van der Waals surface area contributed by atoms with Crippen molar-refractivity contribution in [2.24, 2.45) is 0 Å². The Balaban J connectivity index is 1.43. The SMILES string of the molecule is CC(C)=C(C(=O)N1CCC(O)(c2ccc(F)cc2)CC1)c1ccccc1CCCCc1ccccc1. The first-order valence-corrected chi connectivity index (χ1v) is 12.9. The fourth-order valence-corrected chi connectivity index (χ4v) is 5.16. The highest BCUT2D eigenvalue weighted by molar-refractivity contribution is 6.20. The van der Waals surface area contributed by atoms with E-state index in [1.54, 1.807) is 12.1 Å². The Labute approximate surface area is 214 Å². The lowest BCUT2D eigenvalue weighted by Gasteiger charge is -2.39. The molecule has 4 rings (SSSR count). The minimum atomic E-state index is -1.04. The van der Waals surface area contributed by atoms with E-state index in [0.717, 1.165) is 42.4 Å². The summed E-state index contributed by atoms with van der Waals surface area (Å²) in [7, 11) is 0. The summed E-state index contributed by atoms with van der Waals surface area (Å²) in [6, 6.07) is 24.8. The van der Waals surface area contributed by atoms with Gasteiger partial charge in [-0.2, -0.15) is 0 Å². The summed E-state index contributed by atoms with van der Waals surface area (Å²) in [4.78, 5) is 15.6. The number of aliphatic hydroxyl groups is 1. The maximum absolute atomic E-state index is 13.7. The lowest BCUT2D eigenvalue weighted by Crippen LogP contribution is -2.45. The molecular weight excluding hydrogens is 449 g/mol. The number of likely N-dealkylation sites (tertiary alicyclic amines) is 1. The lowest BCUT2D eigenvalue weighted by atomic mass is 9.84. The van der Waals surface area contributed by atoms with E-state index >= 15 is 0 Å². The van der Waals surface area contributed by atoms with Gasteiger partial charge in [-0.05, 0) is 86.8 Å². The van der Waals surface area contributed by atoms with Crippen LogP contribution in [0.4, 0.5) is 4.39 Å². The Hall–Kier alpha value is -3.24. The fourth-order valence-electron chi connectivity index (χ4n) is 5.16. The van der Waals surface area contributed by atoms with Crippen LogP contribution in [0.2, 0.25) is 0 Å². The number of aryl methyl sites for hydroxylation is 2. The first-order valence-electron chi connectivity index (χ1n) is 12.9. The average molecular weight is 486 g/mol. The number of carbonyl (C=O) groups excluding carboxylic acids is 1. The number of benzene rings is 3. The number of rotatable bonds is 8.